The van der Waals surface area contributed by atoms with Crippen LogP contribution in [0.5, 0.6) is 0 Å². The number of nitrogens with zero attached hydrogens (tertiary/aromatic N) is 4. The van der Waals surface area contributed by atoms with Crippen LogP contribution in [-0.4, -0.2) is 64.3 Å². The third-order valence-electron chi connectivity index (χ3n) is 8.86. The van der Waals surface area contributed by atoms with Crippen molar-refractivity contribution in [2.24, 2.45) is 0 Å². The number of carbonyl (C=O) groups excluding carboxylic acids is 1. The lowest BCUT2D eigenvalue weighted by molar-refractivity contribution is -0.139. The number of rotatable bonds is 10. The van der Waals surface area contributed by atoms with E-state index in [0.29, 0.717) is 17.6 Å². The third kappa shape index (κ3) is 8.20. The minimum absolute atomic E-state index is 0. The summed E-state index contributed by atoms with van der Waals surface area (Å²) < 4.78 is 5.33. The second kappa shape index (κ2) is 15.6. The zero-order valence-corrected chi connectivity index (χ0v) is 26.8. The quantitative estimate of drug-likeness (QED) is 0.154. The first-order valence-electron chi connectivity index (χ1n) is 16.2. The molecule has 2 aromatic heterocycles. The lowest BCUT2D eigenvalue weighted by atomic mass is 9.92. The molecule has 2 aliphatic rings. The number of nitrogens with one attached hydrogen (secondary N) is 3. The third-order valence-corrected chi connectivity index (χ3v) is 8.86. The van der Waals surface area contributed by atoms with Gasteiger partial charge in [0, 0.05) is 43.4 Å². The Bertz CT molecular complexity index is 1710. The van der Waals surface area contributed by atoms with Crippen molar-refractivity contribution in [1.82, 2.24) is 20.3 Å². The lowest BCUT2D eigenvalue weighted by Crippen LogP contribution is -2.45. The molecule has 1 fully saturated rings. The number of benzene rings is 2. The molecule has 6 rings (SSSR count). The minimum atomic E-state index is -1.23. The van der Waals surface area contributed by atoms with Crippen LogP contribution in [0.3, 0.4) is 0 Å². The van der Waals surface area contributed by atoms with Gasteiger partial charge in [-0.3, -0.25) is 0 Å². The van der Waals surface area contributed by atoms with Crippen LogP contribution in [0.15, 0.2) is 66.7 Å². The highest BCUT2D eigenvalue weighted by Gasteiger charge is 2.27. The van der Waals surface area contributed by atoms with E-state index >= 15 is 0 Å². The Morgan fingerprint density at radius 1 is 0.979 bits per heavy atom. The van der Waals surface area contributed by atoms with Crippen LogP contribution in [0.4, 0.5) is 22.2 Å². The molecule has 1 amide bonds. The van der Waals surface area contributed by atoms with E-state index in [9.17, 15) is 14.7 Å². The molecule has 0 radical (unpaired) electrons. The molecule has 0 spiro atoms. The Hall–Kier alpha value is -5.19. The molecule has 2 aromatic carbocycles. The number of carboxylic acids is 1. The molecule has 1 atom stereocenters. The summed E-state index contributed by atoms with van der Waals surface area (Å²) in [7, 11) is 0. The molecule has 0 saturated carbocycles. The maximum atomic E-state index is 12.5. The average Bonchev–Trinajstić information content (AvgIpc) is 3.10. The van der Waals surface area contributed by atoms with Gasteiger partial charge in [0.15, 0.2) is 0 Å². The molecule has 0 unspecified atom stereocenters. The van der Waals surface area contributed by atoms with Crippen molar-refractivity contribution in [3.63, 3.8) is 0 Å². The van der Waals surface area contributed by atoms with Crippen molar-refractivity contribution in [3.8, 4) is 11.1 Å². The highest BCUT2D eigenvalue weighted by molar-refractivity contribution is 5.80. The van der Waals surface area contributed by atoms with Crippen molar-refractivity contribution in [1.29, 1.82) is 0 Å². The molecule has 252 valence electrons. The molecule has 2 aliphatic heterocycles. The summed E-state index contributed by atoms with van der Waals surface area (Å²) in [6.07, 6.45) is 3.33. The van der Waals surface area contributed by atoms with Crippen LogP contribution in [-0.2, 0) is 22.6 Å². The molecule has 4 N–H and O–H groups in total. The standard InChI is InChI=1S/C36H41N7O4.CH4/c1-23-32(38-21-31(35(44)45)42-36(46)47-22-25-10-12-27(13-11-25)26-7-4-3-5-8-26)39-24(2)40-34(23)43-19-16-28(17-20-43)30-15-14-29-9-6-18-37-33(29)41-30;/h3-5,7-8,10-15,28,31H,6,9,16-22H2,1-2H3,(H,37,41)(H,42,46)(H,44,45)(H,38,39,40);1H4/t31-;/m0./s1. The van der Waals surface area contributed by atoms with Crippen molar-refractivity contribution < 1.29 is 19.4 Å². The van der Waals surface area contributed by atoms with E-state index in [1.165, 1.54) is 5.56 Å². The zero-order chi connectivity index (χ0) is 32.8. The van der Waals surface area contributed by atoms with Gasteiger partial charge in [-0.25, -0.2) is 24.5 Å². The first kappa shape index (κ1) is 34.2. The second-order valence-electron chi connectivity index (χ2n) is 12.2. The number of hydrogen-bond acceptors (Lipinski definition) is 9. The summed E-state index contributed by atoms with van der Waals surface area (Å²) in [5, 5.41) is 18.9. The number of ether oxygens (including phenoxy) is 1. The second-order valence-corrected chi connectivity index (χ2v) is 12.2. The number of hydrogen-bond donors (Lipinski definition) is 4. The van der Waals surface area contributed by atoms with Gasteiger partial charge in [0.1, 0.15) is 35.9 Å². The lowest BCUT2D eigenvalue weighted by Gasteiger charge is -2.34. The molecular formula is C37H45N7O4. The molecule has 11 nitrogen and oxygen atoms in total. The molecule has 11 heteroatoms. The van der Waals surface area contributed by atoms with E-state index in [4.69, 9.17) is 14.7 Å². The number of carbonyl (C=O) groups is 2. The Morgan fingerprint density at radius 3 is 2.44 bits per heavy atom. The normalized spacial score (nSPS) is 14.9. The van der Waals surface area contributed by atoms with Crippen LogP contribution in [0.2, 0.25) is 0 Å². The van der Waals surface area contributed by atoms with Crippen molar-refractivity contribution >= 4 is 29.5 Å². The van der Waals surface area contributed by atoms with E-state index in [1.54, 1.807) is 0 Å². The maximum Gasteiger partial charge on any atom is 0.408 e. The molecule has 4 heterocycles. The van der Waals surface area contributed by atoms with Crippen LogP contribution < -0.4 is 20.9 Å². The largest absolute Gasteiger partial charge is 0.480 e. The van der Waals surface area contributed by atoms with Crippen LogP contribution >= 0.6 is 0 Å². The summed E-state index contributed by atoms with van der Waals surface area (Å²) in [6.45, 7) is 6.32. The molecule has 1 saturated heterocycles. The van der Waals surface area contributed by atoms with Crippen LogP contribution in [0.1, 0.15) is 60.8 Å². The number of piperidine rings is 1. The fourth-order valence-corrected chi connectivity index (χ4v) is 6.21. The average molecular weight is 652 g/mol. The first-order valence-corrected chi connectivity index (χ1v) is 16.2. The van der Waals surface area contributed by atoms with E-state index in [0.717, 1.165) is 84.9 Å². The van der Waals surface area contributed by atoms with E-state index in [2.05, 4.69) is 38.0 Å². The molecule has 48 heavy (non-hydrogen) atoms. The van der Waals surface area contributed by atoms with E-state index in [-0.39, 0.29) is 20.6 Å². The van der Waals surface area contributed by atoms with Crippen LogP contribution in [0, 0.1) is 13.8 Å². The number of fused-ring (bicyclic) bond motifs is 1. The fraction of sp³-hybridized carbons (Fsp3) is 0.378. The summed E-state index contributed by atoms with van der Waals surface area (Å²) in [5.41, 5.74) is 6.21. The molecule has 0 bridgehead atoms. The van der Waals surface area contributed by atoms with Gasteiger partial charge in [-0.05, 0) is 67.9 Å². The van der Waals surface area contributed by atoms with Gasteiger partial charge >= 0.3 is 12.1 Å². The van der Waals surface area contributed by atoms with Gasteiger partial charge < -0.3 is 30.7 Å². The van der Waals surface area contributed by atoms with Crippen molar-refractivity contribution in [3.05, 3.63) is 94.9 Å². The Balaban J connectivity index is 0.00000451. The monoisotopic (exact) mass is 651 g/mol. The smallest absolute Gasteiger partial charge is 0.408 e. The first-order chi connectivity index (χ1) is 22.8. The zero-order valence-electron chi connectivity index (χ0n) is 26.8. The highest BCUT2D eigenvalue weighted by Crippen LogP contribution is 2.33. The van der Waals surface area contributed by atoms with Crippen LogP contribution in [0.25, 0.3) is 11.1 Å². The molecule has 0 aliphatic carbocycles. The summed E-state index contributed by atoms with van der Waals surface area (Å²) >= 11 is 0. The summed E-state index contributed by atoms with van der Waals surface area (Å²) in [6, 6.07) is 20.8. The Labute approximate surface area is 282 Å². The predicted molar refractivity (Wildman–Crippen MR) is 189 cm³/mol. The number of amides is 1. The van der Waals surface area contributed by atoms with Gasteiger partial charge in [-0.15, -0.1) is 0 Å². The van der Waals surface area contributed by atoms with Gasteiger partial charge in [-0.2, -0.15) is 0 Å². The van der Waals surface area contributed by atoms with Gasteiger partial charge in [0.05, 0.1) is 0 Å². The highest BCUT2D eigenvalue weighted by atomic mass is 16.5. The van der Waals surface area contributed by atoms with Gasteiger partial charge in [0.25, 0.3) is 0 Å². The topological polar surface area (TPSA) is 142 Å². The number of aromatic nitrogens is 3. The SMILES string of the molecule is C.Cc1nc(NC[C@H](NC(=O)OCc2ccc(-c3ccccc3)cc2)C(=O)O)c(C)c(N2CCC(c3ccc4c(n3)NCCC4)CC2)n1. The minimum Gasteiger partial charge on any atom is -0.480 e. The predicted octanol–water partition coefficient (Wildman–Crippen LogP) is 6.33. The molecular weight excluding hydrogens is 606 g/mol. The van der Waals surface area contributed by atoms with Gasteiger partial charge in [0.2, 0.25) is 0 Å². The molecule has 4 aromatic rings. The van der Waals surface area contributed by atoms with Gasteiger partial charge in [-0.1, -0.05) is 68.1 Å². The number of pyridine rings is 1. The Kier molecular flexibility index (Phi) is 11.1. The maximum absolute atomic E-state index is 12.5. The van der Waals surface area contributed by atoms with E-state index in [1.807, 2.05) is 68.4 Å². The number of aryl methyl sites for hydroxylation is 2. The fourth-order valence-electron chi connectivity index (χ4n) is 6.21. The Morgan fingerprint density at radius 2 is 1.71 bits per heavy atom. The number of alkyl carbamates (subject to hydrolysis) is 1. The van der Waals surface area contributed by atoms with Crippen molar-refractivity contribution in [2.75, 3.05) is 41.7 Å². The summed E-state index contributed by atoms with van der Waals surface area (Å²) in [4.78, 5) is 41.1. The number of anilines is 3. The number of aliphatic carboxylic acids is 1. The number of carboxylic acid groups (broad SMARTS) is 1. The van der Waals surface area contributed by atoms with E-state index < -0.39 is 18.1 Å². The summed E-state index contributed by atoms with van der Waals surface area (Å²) in [5.74, 6) is 2.18. The van der Waals surface area contributed by atoms with Crippen molar-refractivity contribution in [2.45, 2.75) is 65.5 Å².